The third-order valence-electron chi connectivity index (χ3n) is 5.26. The summed E-state index contributed by atoms with van der Waals surface area (Å²) in [6.07, 6.45) is 1.06. The summed E-state index contributed by atoms with van der Waals surface area (Å²) in [4.78, 5) is 25.7. The van der Waals surface area contributed by atoms with Gasteiger partial charge in [0.05, 0.1) is 11.5 Å². The Bertz CT molecular complexity index is 1020. The first-order chi connectivity index (χ1) is 15.9. The lowest BCUT2D eigenvalue weighted by molar-refractivity contribution is -0.131. The number of hydrazine groups is 1. The number of thioether (sulfide) groups is 1. The minimum absolute atomic E-state index is 0.203. The average Bonchev–Trinajstić information content (AvgIpc) is 2.84. The second kappa shape index (κ2) is 12.1. The van der Waals surface area contributed by atoms with Gasteiger partial charge < -0.3 is 4.74 Å². The Morgan fingerprint density at radius 1 is 1.03 bits per heavy atom. The van der Waals surface area contributed by atoms with Crippen LogP contribution in [0.4, 0.5) is 0 Å². The van der Waals surface area contributed by atoms with Crippen LogP contribution in [0, 0.1) is 5.92 Å². The third-order valence-corrected chi connectivity index (χ3v) is 8.19. The molecule has 0 radical (unpaired) electrons. The van der Waals surface area contributed by atoms with Gasteiger partial charge in [-0.2, -0.15) is 4.31 Å². The molecule has 0 saturated carbocycles. The normalized spacial score (nSPS) is 15.1. The van der Waals surface area contributed by atoms with E-state index >= 15 is 0 Å². The number of hydrogen-bond donors (Lipinski definition) is 2. The fourth-order valence-corrected chi connectivity index (χ4v) is 5.80. The molecule has 2 aromatic carbocycles. The van der Waals surface area contributed by atoms with Crippen molar-refractivity contribution in [3.63, 3.8) is 0 Å². The average molecular weight is 492 g/mol. The van der Waals surface area contributed by atoms with Gasteiger partial charge >= 0.3 is 0 Å². The van der Waals surface area contributed by atoms with Gasteiger partial charge in [0.1, 0.15) is 5.75 Å². The summed E-state index contributed by atoms with van der Waals surface area (Å²) in [5.74, 6) is 0.316. The molecule has 0 aliphatic carbocycles. The van der Waals surface area contributed by atoms with Crippen LogP contribution in [0.2, 0.25) is 0 Å². The Morgan fingerprint density at radius 3 is 2.33 bits per heavy atom. The molecular weight excluding hydrogens is 462 g/mol. The van der Waals surface area contributed by atoms with Crippen molar-refractivity contribution in [3.05, 3.63) is 54.6 Å². The number of nitrogens with zero attached hydrogens (tertiary/aromatic N) is 1. The largest absolute Gasteiger partial charge is 0.494 e. The standard InChI is InChI=1S/C23H29N3O5S2/c1-2-31-19-8-10-21(11-9-19)33(29,30)26-15-12-18(13-16-26)23(28)25-24-22(27)14-17-32-20-6-4-3-5-7-20/h3-11,18H,2,12-17H2,1H3,(H,24,27)(H,25,28). The number of hydrogen-bond acceptors (Lipinski definition) is 6. The number of benzene rings is 2. The van der Waals surface area contributed by atoms with E-state index < -0.39 is 10.0 Å². The number of piperidine rings is 1. The van der Waals surface area contributed by atoms with E-state index in [2.05, 4.69) is 10.9 Å². The van der Waals surface area contributed by atoms with E-state index in [-0.39, 0.29) is 42.1 Å². The zero-order valence-electron chi connectivity index (χ0n) is 18.5. The third kappa shape index (κ3) is 7.21. The summed E-state index contributed by atoms with van der Waals surface area (Å²) < 4.78 is 32.5. The van der Waals surface area contributed by atoms with Gasteiger partial charge in [0.25, 0.3) is 0 Å². The van der Waals surface area contributed by atoms with E-state index in [1.807, 2.05) is 37.3 Å². The summed E-state index contributed by atoms with van der Waals surface area (Å²) >= 11 is 1.57. The Labute approximate surface area is 199 Å². The number of carbonyl (C=O) groups excluding carboxylic acids is 2. The van der Waals surface area contributed by atoms with Crippen molar-refractivity contribution >= 4 is 33.6 Å². The molecule has 2 amide bonds. The Hall–Kier alpha value is -2.56. The number of amides is 2. The first-order valence-corrected chi connectivity index (χ1v) is 13.3. The van der Waals surface area contributed by atoms with Gasteiger partial charge in [-0.3, -0.25) is 20.4 Å². The molecule has 0 spiro atoms. The van der Waals surface area contributed by atoms with Crippen LogP contribution in [0.1, 0.15) is 26.2 Å². The van der Waals surface area contributed by atoms with Gasteiger partial charge in [0.15, 0.2) is 0 Å². The van der Waals surface area contributed by atoms with Crippen molar-refractivity contribution < 1.29 is 22.7 Å². The predicted octanol–water partition coefficient (Wildman–Crippen LogP) is 2.82. The van der Waals surface area contributed by atoms with Crippen LogP contribution in [0.15, 0.2) is 64.4 Å². The molecular formula is C23H29N3O5S2. The Morgan fingerprint density at radius 2 is 1.70 bits per heavy atom. The molecule has 1 saturated heterocycles. The van der Waals surface area contributed by atoms with Gasteiger partial charge in [-0.15, -0.1) is 11.8 Å². The monoisotopic (exact) mass is 491 g/mol. The smallest absolute Gasteiger partial charge is 0.243 e. The maximum absolute atomic E-state index is 12.9. The second-order valence-corrected chi connectivity index (χ2v) is 10.6. The highest BCUT2D eigenvalue weighted by Crippen LogP contribution is 2.25. The van der Waals surface area contributed by atoms with Crippen LogP contribution in [0.25, 0.3) is 0 Å². The zero-order chi connectivity index (χ0) is 23.7. The number of ether oxygens (including phenoxy) is 1. The number of sulfonamides is 1. The van der Waals surface area contributed by atoms with E-state index in [1.54, 1.807) is 23.9 Å². The molecule has 1 aliphatic heterocycles. The highest BCUT2D eigenvalue weighted by atomic mass is 32.2. The van der Waals surface area contributed by atoms with Crippen molar-refractivity contribution in [3.8, 4) is 5.75 Å². The topological polar surface area (TPSA) is 105 Å². The van der Waals surface area contributed by atoms with Crippen LogP contribution in [0.3, 0.4) is 0 Å². The Balaban J connectivity index is 1.40. The molecule has 0 bridgehead atoms. The predicted molar refractivity (Wildman–Crippen MR) is 127 cm³/mol. The van der Waals surface area contributed by atoms with Crippen molar-refractivity contribution in [2.75, 3.05) is 25.4 Å². The molecule has 1 fully saturated rings. The number of rotatable bonds is 9. The summed E-state index contributed by atoms with van der Waals surface area (Å²) in [7, 11) is -3.63. The van der Waals surface area contributed by atoms with Crippen LogP contribution in [0.5, 0.6) is 5.75 Å². The molecule has 178 valence electrons. The molecule has 0 atom stereocenters. The van der Waals surface area contributed by atoms with Crippen molar-refractivity contribution in [2.45, 2.75) is 36.0 Å². The summed E-state index contributed by atoms with van der Waals surface area (Å²) in [6.45, 7) is 2.86. The van der Waals surface area contributed by atoms with E-state index in [9.17, 15) is 18.0 Å². The SMILES string of the molecule is CCOc1ccc(S(=O)(=O)N2CCC(C(=O)NNC(=O)CCSc3ccccc3)CC2)cc1. The van der Waals surface area contributed by atoms with Crippen molar-refractivity contribution in [1.82, 2.24) is 15.2 Å². The summed E-state index contributed by atoms with van der Waals surface area (Å²) in [5, 5.41) is 0. The van der Waals surface area contributed by atoms with Gasteiger partial charge in [0, 0.05) is 36.1 Å². The molecule has 1 aliphatic rings. The molecule has 0 unspecified atom stereocenters. The highest BCUT2D eigenvalue weighted by Gasteiger charge is 2.32. The second-order valence-electron chi connectivity index (χ2n) is 7.53. The zero-order valence-corrected chi connectivity index (χ0v) is 20.2. The van der Waals surface area contributed by atoms with Crippen LogP contribution in [-0.2, 0) is 19.6 Å². The molecule has 33 heavy (non-hydrogen) atoms. The summed E-state index contributed by atoms with van der Waals surface area (Å²) in [6, 6.07) is 16.1. The fraction of sp³-hybridized carbons (Fsp3) is 0.391. The quantitative estimate of drug-likeness (QED) is 0.413. The highest BCUT2D eigenvalue weighted by molar-refractivity contribution is 7.99. The van der Waals surface area contributed by atoms with Gasteiger partial charge in [-0.1, -0.05) is 18.2 Å². The maximum Gasteiger partial charge on any atom is 0.243 e. The fourth-order valence-electron chi connectivity index (χ4n) is 3.46. The molecule has 1 heterocycles. The number of carbonyl (C=O) groups is 2. The van der Waals surface area contributed by atoms with Crippen LogP contribution >= 0.6 is 11.8 Å². The van der Waals surface area contributed by atoms with Crippen LogP contribution < -0.4 is 15.6 Å². The Kier molecular flexibility index (Phi) is 9.16. The molecule has 0 aromatic heterocycles. The van der Waals surface area contributed by atoms with Gasteiger partial charge in [-0.05, 0) is 56.2 Å². The lowest BCUT2D eigenvalue weighted by atomic mass is 9.98. The molecule has 3 rings (SSSR count). The van der Waals surface area contributed by atoms with Gasteiger partial charge in [0.2, 0.25) is 21.8 Å². The lowest BCUT2D eigenvalue weighted by Crippen LogP contribution is -2.48. The number of nitrogens with one attached hydrogen (secondary N) is 2. The molecule has 2 N–H and O–H groups in total. The van der Waals surface area contributed by atoms with E-state index in [0.717, 1.165) is 4.90 Å². The molecule has 2 aromatic rings. The van der Waals surface area contributed by atoms with E-state index in [4.69, 9.17) is 4.74 Å². The minimum atomic E-state index is -3.63. The van der Waals surface area contributed by atoms with E-state index in [1.165, 1.54) is 16.4 Å². The first-order valence-electron chi connectivity index (χ1n) is 10.9. The van der Waals surface area contributed by atoms with Crippen molar-refractivity contribution in [1.29, 1.82) is 0 Å². The maximum atomic E-state index is 12.9. The minimum Gasteiger partial charge on any atom is -0.494 e. The van der Waals surface area contributed by atoms with Crippen molar-refractivity contribution in [2.24, 2.45) is 5.92 Å². The molecule has 8 nitrogen and oxygen atoms in total. The molecule has 10 heteroatoms. The first kappa shape index (κ1) is 25.1. The van der Waals surface area contributed by atoms with Gasteiger partial charge in [-0.25, -0.2) is 8.42 Å². The summed E-state index contributed by atoms with van der Waals surface area (Å²) in [5.41, 5.74) is 4.93. The van der Waals surface area contributed by atoms with E-state index in [0.29, 0.717) is 31.0 Å². The lowest BCUT2D eigenvalue weighted by Gasteiger charge is -2.30. The van der Waals surface area contributed by atoms with Crippen LogP contribution in [-0.4, -0.2) is 50.0 Å².